The van der Waals surface area contributed by atoms with Crippen molar-refractivity contribution in [2.45, 2.75) is 56.9 Å². The van der Waals surface area contributed by atoms with Crippen LogP contribution in [0.2, 0.25) is 0 Å². The Kier molecular flexibility index (Phi) is 5.95. The van der Waals surface area contributed by atoms with Crippen molar-refractivity contribution in [3.8, 4) is 11.5 Å². The second-order valence-corrected chi connectivity index (χ2v) is 10.3. The lowest BCUT2D eigenvalue weighted by atomic mass is 9.76. The van der Waals surface area contributed by atoms with Crippen molar-refractivity contribution >= 4 is 16.5 Å². The second-order valence-electron chi connectivity index (χ2n) is 10.3. The molecule has 0 spiro atoms. The Morgan fingerprint density at radius 1 is 0.971 bits per heavy atom. The fraction of sp³-hybridized carbons (Fsp3) is 0.419. The first-order valence-corrected chi connectivity index (χ1v) is 13.1. The minimum Gasteiger partial charge on any atom is -0.496 e. The average Bonchev–Trinajstić information content (AvgIpc) is 3.39. The average molecular weight is 454 g/mol. The van der Waals surface area contributed by atoms with E-state index in [2.05, 4.69) is 72.1 Å². The van der Waals surface area contributed by atoms with Crippen LogP contribution in [-0.2, 0) is 0 Å². The number of anilines is 1. The molecule has 0 bridgehead atoms. The Labute approximate surface area is 203 Å². The summed E-state index contributed by atoms with van der Waals surface area (Å²) in [6.45, 7) is 0.830. The van der Waals surface area contributed by atoms with Crippen molar-refractivity contribution in [1.29, 1.82) is 0 Å². The molecule has 3 atom stereocenters. The Bertz CT molecular complexity index is 1190. The molecular weight excluding hydrogens is 418 g/mol. The zero-order valence-corrected chi connectivity index (χ0v) is 20.1. The van der Waals surface area contributed by atoms with E-state index in [0.717, 1.165) is 30.4 Å². The number of nitrogens with one attached hydrogen (secondary N) is 1. The number of rotatable bonds is 6. The molecule has 0 aromatic heterocycles. The first kappa shape index (κ1) is 21.6. The molecule has 1 aliphatic heterocycles. The summed E-state index contributed by atoms with van der Waals surface area (Å²) in [4.78, 5) is 0. The van der Waals surface area contributed by atoms with Gasteiger partial charge in [-0.15, -0.1) is 0 Å². The molecule has 1 fully saturated rings. The Hall–Kier alpha value is -2.94. The number of fused-ring (bicyclic) bond motifs is 4. The summed E-state index contributed by atoms with van der Waals surface area (Å²) in [6, 6.07) is 19.8. The molecule has 0 radical (unpaired) electrons. The molecule has 3 aliphatic rings. The van der Waals surface area contributed by atoms with Gasteiger partial charge in [0.05, 0.1) is 19.8 Å². The van der Waals surface area contributed by atoms with Crippen LogP contribution in [0.25, 0.3) is 10.8 Å². The Morgan fingerprint density at radius 2 is 1.85 bits per heavy atom. The van der Waals surface area contributed by atoms with Gasteiger partial charge < -0.3 is 14.8 Å². The van der Waals surface area contributed by atoms with Crippen LogP contribution in [0.5, 0.6) is 11.5 Å². The van der Waals surface area contributed by atoms with E-state index in [4.69, 9.17) is 9.47 Å². The fourth-order valence-electron chi connectivity index (χ4n) is 6.54. The number of hydrogen-bond acceptors (Lipinski definition) is 3. The third-order valence-corrected chi connectivity index (χ3v) is 8.32. The highest BCUT2D eigenvalue weighted by molar-refractivity contribution is 5.89. The van der Waals surface area contributed by atoms with Gasteiger partial charge in [0.25, 0.3) is 0 Å². The van der Waals surface area contributed by atoms with Crippen molar-refractivity contribution in [3.63, 3.8) is 0 Å². The topological polar surface area (TPSA) is 30.5 Å². The molecule has 2 aliphatic carbocycles. The number of methoxy groups -OCH3 is 1. The predicted octanol–water partition coefficient (Wildman–Crippen LogP) is 8.02. The van der Waals surface area contributed by atoms with E-state index in [1.807, 2.05) is 0 Å². The highest BCUT2D eigenvalue weighted by Crippen LogP contribution is 2.53. The zero-order valence-electron chi connectivity index (χ0n) is 20.1. The molecule has 0 amide bonds. The van der Waals surface area contributed by atoms with E-state index in [0.29, 0.717) is 11.8 Å². The first-order valence-electron chi connectivity index (χ1n) is 13.1. The summed E-state index contributed by atoms with van der Waals surface area (Å²) in [5, 5.41) is 6.44. The van der Waals surface area contributed by atoms with E-state index in [1.54, 1.807) is 7.11 Å². The standard InChI is InChI=1S/C31H35NO2/c1-33-29-17-14-22-10-5-6-11-24(22)30(29)31-26-13-7-12-25(26)27-20-23(15-16-28(27)32-31)34-19-18-21-8-3-2-4-9-21/h5-7,10-12,14-17,20-21,25-26,31-32H,2-4,8-9,13,18-19H2,1H3. The minimum atomic E-state index is 0.201. The minimum absolute atomic E-state index is 0.201. The molecule has 1 saturated carbocycles. The van der Waals surface area contributed by atoms with Gasteiger partial charge in [0.2, 0.25) is 0 Å². The fourth-order valence-corrected chi connectivity index (χ4v) is 6.54. The molecule has 1 N–H and O–H groups in total. The van der Waals surface area contributed by atoms with E-state index >= 15 is 0 Å². The molecule has 3 aromatic carbocycles. The van der Waals surface area contributed by atoms with E-state index < -0.39 is 0 Å². The maximum absolute atomic E-state index is 6.26. The van der Waals surface area contributed by atoms with E-state index in [-0.39, 0.29) is 6.04 Å². The number of ether oxygens (including phenoxy) is 2. The molecule has 6 rings (SSSR count). The van der Waals surface area contributed by atoms with Gasteiger partial charge >= 0.3 is 0 Å². The van der Waals surface area contributed by atoms with Crippen LogP contribution < -0.4 is 14.8 Å². The van der Waals surface area contributed by atoms with Crippen molar-refractivity contribution in [1.82, 2.24) is 0 Å². The van der Waals surface area contributed by atoms with Gasteiger partial charge in [0, 0.05) is 17.2 Å². The molecule has 3 nitrogen and oxygen atoms in total. The van der Waals surface area contributed by atoms with Gasteiger partial charge in [0.1, 0.15) is 11.5 Å². The maximum atomic E-state index is 6.26. The SMILES string of the molecule is COc1ccc2ccccc2c1C1Nc2ccc(OCCC3CCCCC3)cc2C2C=CCC21. The van der Waals surface area contributed by atoms with Gasteiger partial charge in [-0.05, 0) is 65.3 Å². The lowest BCUT2D eigenvalue weighted by Gasteiger charge is -2.38. The van der Waals surface area contributed by atoms with Crippen molar-refractivity contribution in [2.75, 3.05) is 19.0 Å². The van der Waals surface area contributed by atoms with Crippen LogP contribution >= 0.6 is 0 Å². The van der Waals surface area contributed by atoms with Crippen LogP contribution in [0.15, 0.2) is 66.7 Å². The normalized spacial score (nSPS) is 23.9. The molecule has 176 valence electrons. The highest BCUT2D eigenvalue weighted by Gasteiger charge is 2.39. The Balaban J connectivity index is 1.28. The van der Waals surface area contributed by atoms with Crippen molar-refractivity contribution < 1.29 is 9.47 Å². The van der Waals surface area contributed by atoms with Gasteiger partial charge in [-0.3, -0.25) is 0 Å². The summed E-state index contributed by atoms with van der Waals surface area (Å²) in [5.41, 5.74) is 3.86. The quantitative estimate of drug-likeness (QED) is 0.383. The summed E-state index contributed by atoms with van der Waals surface area (Å²) in [7, 11) is 1.78. The van der Waals surface area contributed by atoms with Gasteiger partial charge in [0.15, 0.2) is 0 Å². The molecule has 3 unspecified atom stereocenters. The summed E-state index contributed by atoms with van der Waals surface area (Å²) >= 11 is 0. The first-order chi connectivity index (χ1) is 16.8. The van der Waals surface area contributed by atoms with E-state index in [9.17, 15) is 0 Å². The third kappa shape index (κ3) is 3.96. The van der Waals surface area contributed by atoms with Gasteiger partial charge in [-0.2, -0.15) is 0 Å². The van der Waals surface area contributed by atoms with Crippen molar-refractivity contribution in [2.24, 2.45) is 11.8 Å². The number of benzene rings is 3. The largest absolute Gasteiger partial charge is 0.496 e. The van der Waals surface area contributed by atoms with Crippen LogP contribution in [0.1, 0.15) is 68.0 Å². The van der Waals surface area contributed by atoms with Gasteiger partial charge in [-0.25, -0.2) is 0 Å². The highest BCUT2D eigenvalue weighted by atomic mass is 16.5. The summed E-state index contributed by atoms with van der Waals surface area (Å²) in [5.74, 6) is 3.69. The van der Waals surface area contributed by atoms with Crippen LogP contribution in [-0.4, -0.2) is 13.7 Å². The maximum Gasteiger partial charge on any atom is 0.124 e. The molecule has 0 saturated heterocycles. The number of hydrogen-bond donors (Lipinski definition) is 1. The monoisotopic (exact) mass is 453 g/mol. The molecule has 1 heterocycles. The lowest BCUT2D eigenvalue weighted by Crippen LogP contribution is -2.29. The van der Waals surface area contributed by atoms with E-state index in [1.165, 1.54) is 66.1 Å². The predicted molar refractivity (Wildman–Crippen MR) is 140 cm³/mol. The smallest absolute Gasteiger partial charge is 0.124 e. The zero-order chi connectivity index (χ0) is 22.9. The lowest BCUT2D eigenvalue weighted by molar-refractivity contribution is 0.246. The number of allylic oxidation sites excluding steroid dienone is 2. The van der Waals surface area contributed by atoms with Crippen molar-refractivity contribution in [3.05, 3.63) is 77.9 Å². The Morgan fingerprint density at radius 3 is 2.74 bits per heavy atom. The molecule has 34 heavy (non-hydrogen) atoms. The third-order valence-electron chi connectivity index (χ3n) is 8.32. The van der Waals surface area contributed by atoms with Crippen LogP contribution in [0.3, 0.4) is 0 Å². The molecule has 3 aromatic rings. The second kappa shape index (κ2) is 9.37. The summed E-state index contributed by atoms with van der Waals surface area (Å²) in [6.07, 6.45) is 14.0. The van der Waals surface area contributed by atoms with Gasteiger partial charge in [-0.1, -0.05) is 74.6 Å². The van der Waals surface area contributed by atoms with Crippen LogP contribution in [0.4, 0.5) is 5.69 Å². The summed E-state index contributed by atoms with van der Waals surface area (Å²) < 4.78 is 12.1. The van der Waals surface area contributed by atoms with Crippen LogP contribution in [0, 0.1) is 11.8 Å². The molecule has 3 heteroatoms. The molecular formula is C31H35NO2.